The third kappa shape index (κ3) is 4.85. The van der Waals surface area contributed by atoms with Crippen LogP contribution in [0.25, 0.3) is 0 Å². The van der Waals surface area contributed by atoms with Crippen LogP contribution in [0.3, 0.4) is 0 Å². The molecular weight excluding hydrogens is 384 g/mol. The molecule has 0 spiro atoms. The van der Waals surface area contributed by atoms with Crippen molar-refractivity contribution in [3.05, 3.63) is 29.8 Å². The van der Waals surface area contributed by atoms with Gasteiger partial charge in [-0.3, -0.25) is 4.79 Å². The van der Waals surface area contributed by atoms with Crippen LogP contribution in [0.15, 0.2) is 29.2 Å². The van der Waals surface area contributed by atoms with Gasteiger partial charge >= 0.3 is 0 Å². The van der Waals surface area contributed by atoms with Crippen molar-refractivity contribution in [3.63, 3.8) is 0 Å². The van der Waals surface area contributed by atoms with E-state index in [0.29, 0.717) is 36.7 Å². The van der Waals surface area contributed by atoms with E-state index in [1.807, 2.05) is 12.1 Å². The summed E-state index contributed by atoms with van der Waals surface area (Å²) in [5.41, 5.74) is 1.03. The van der Waals surface area contributed by atoms with Crippen molar-refractivity contribution in [2.24, 2.45) is 11.8 Å². The van der Waals surface area contributed by atoms with E-state index >= 15 is 0 Å². The number of hydrogen-bond donors (Lipinski definition) is 0. The van der Waals surface area contributed by atoms with E-state index in [-0.39, 0.29) is 5.91 Å². The molecule has 2 atom stereocenters. The summed E-state index contributed by atoms with van der Waals surface area (Å²) in [5, 5.41) is 0. The molecule has 3 aliphatic rings. The Hall–Kier alpha value is -1.40. The summed E-state index contributed by atoms with van der Waals surface area (Å²) < 4.78 is 27.1. The highest BCUT2D eigenvalue weighted by Crippen LogP contribution is 2.36. The van der Waals surface area contributed by atoms with Crippen molar-refractivity contribution in [3.8, 4) is 0 Å². The molecule has 3 fully saturated rings. The Kier molecular flexibility index (Phi) is 6.60. The smallest absolute Gasteiger partial charge is 0.243 e. The molecule has 0 N–H and O–H groups in total. The van der Waals surface area contributed by atoms with Gasteiger partial charge in [0.25, 0.3) is 0 Å². The van der Waals surface area contributed by atoms with Crippen LogP contribution in [0.1, 0.15) is 63.4 Å². The SMILES string of the molecule is O=C(CCc1ccc(S(=O)(=O)N2CCCCC2)cc1)N1CC[C@@H]2CCCC[C@@H]2C1. The minimum Gasteiger partial charge on any atom is -0.342 e. The average molecular weight is 419 g/mol. The Balaban J connectivity index is 1.30. The fourth-order valence-corrected chi connectivity index (χ4v) is 6.84. The molecular formula is C23H34N2O3S. The zero-order valence-corrected chi connectivity index (χ0v) is 18.2. The topological polar surface area (TPSA) is 57.7 Å². The van der Waals surface area contributed by atoms with Gasteiger partial charge < -0.3 is 4.90 Å². The monoisotopic (exact) mass is 418 g/mol. The molecule has 0 bridgehead atoms. The third-order valence-electron chi connectivity index (χ3n) is 7.15. The molecule has 0 radical (unpaired) electrons. The van der Waals surface area contributed by atoms with Gasteiger partial charge in [0.15, 0.2) is 0 Å². The number of sulfonamides is 1. The number of piperidine rings is 2. The van der Waals surface area contributed by atoms with Crippen LogP contribution in [0.5, 0.6) is 0 Å². The molecule has 29 heavy (non-hydrogen) atoms. The first kappa shape index (κ1) is 20.9. The lowest BCUT2D eigenvalue weighted by molar-refractivity contribution is -0.134. The summed E-state index contributed by atoms with van der Waals surface area (Å²) in [4.78, 5) is 15.1. The van der Waals surface area contributed by atoms with Crippen LogP contribution in [-0.2, 0) is 21.2 Å². The molecule has 160 valence electrons. The molecule has 1 saturated carbocycles. The number of fused-ring (bicyclic) bond motifs is 1. The lowest BCUT2D eigenvalue weighted by Crippen LogP contribution is -2.44. The Morgan fingerprint density at radius 1 is 0.862 bits per heavy atom. The van der Waals surface area contributed by atoms with E-state index in [0.717, 1.165) is 43.8 Å². The maximum absolute atomic E-state index is 12.8. The van der Waals surface area contributed by atoms with E-state index in [4.69, 9.17) is 0 Å². The number of aryl methyl sites for hydroxylation is 1. The molecule has 0 aromatic heterocycles. The third-order valence-corrected chi connectivity index (χ3v) is 9.06. The second kappa shape index (κ2) is 9.17. The number of hydrogen-bond acceptors (Lipinski definition) is 3. The van der Waals surface area contributed by atoms with Crippen molar-refractivity contribution in [2.75, 3.05) is 26.2 Å². The molecule has 1 aliphatic carbocycles. The van der Waals surface area contributed by atoms with Gasteiger partial charge in [-0.05, 0) is 61.6 Å². The maximum Gasteiger partial charge on any atom is 0.243 e. The molecule has 5 nitrogen and oxygen atoms in total. The largest absolute Gasteiger partial charge is 0.342 e. The van der Waals surface area contributed by atoms with Gasteiger partial charge in [-0.15, -0.1) is 0 Å². The highest BCUT2D eigenvalue weighted by molar-refractivity contribution is 7.89. The first-order valence-electron chi connectivity index (χ1n) is 11.4. The second-order valence-corrected chi connectivity index (χ2v) is 11.0. The van der Waals surface area contributed by atoms with Gasteiger partial charge in [0.1, 0.15) is 0 Å². The molecule has 1 aromatic rings. The molecule has 2 aliphatic heterocycles. The predicted molar refractivity (Wildman–Crippen MR) is 114 cm³/mol. The number of benzene rings is 1. The molecule has 1 aromatic carbocycles. The van der Waals surface area contributed by atoms with Gasteiger partial charge in [0.2, 0.25) is 15.9 Å². The number of carbonyl (C=O) groups excluding carboxylic acids is 1. The highest BCUT2D eigenvalue weighted by Gasteiger charge is 2.32. The minimum absolute atomic E-state index is 0.249. The van der Waals surface area contributed by atoms with Crippen molar-refractivity contribution in [2.45, 2.75) is 69.1 Å². The van der Waals surface area contributed by atoms with E-state index in [2.05, 4.69) is 4.90 Å². The zero-order valence-electron chi connectivity index (χ0n) is 17.4. The number of nitrogens with zero attached hydrogens (tertiary/aromatic N) is 2. The lowest BCUT2D eigenvalue weighted by atomic mass is 9.75. The van der Waals surface area contributed by atoms with Crippen molar-refractivity contribution < 1.29 is 13.2 Å². The summed E-state index contributed by atoms with van der Waals surface area (Å²) >= 11 is 0. The van der Waals surface area contributed by atoms with E-state index < -0.39 is 10.0 Å². The molecule has 4 rings (SSSR count). The van der Waals surface area contributed by atoms with Crippen LogP contribution in [-0.4, -0.2) is 49.7 Å². The fourth-order valence-electron chi connectivity index (χ4n) is 5.32. The first-order valence-corrected chi connectivity index (χ1v) is 12.8. The molecule has 2 saturated heterocycles. The zero-order chi connectivity index (χ0) is 20.3. The predicted octanol–water partition coefficient (Wildman–Crippen LogP) is 3.83. The summed E-state index contributed by atoms with van der Waals surface area (Å²) in [7, 11) is -3.38. The van der Waals surface area contributed by atoms with Crippen LogP contribution in [0.4, 0.5) is 0 Å². The standard InChI is InChI=1S/C23H34N2O3S/c26-23(24-17-14-20-6-2-3-7-21(20)18-24)13-10-19-8-11-22(12-9-19)29(27,28)25-15-4-1-5-16-25/h8-9,11-12,20-21H,1-7,10,13-18H2/t20-,21+/m0/s1. The van der Waals surface area contributed by atoms with Crippen LogP contribution in [0.2, 0.25) is 0 Å². The average Bonchev–Trinajstić information content (AvgIpc) is 2.78. The summed E-state index contributed by atoms with van der Waals surface area (Å²) in [6.07, 6.45) is 10.6. The Labute approximate surface area is 175 Å². The second-order valence-electron chi connectivity index (χ2n) is 9.04. The van der Waals surface area contributed by atoms with Crippen molar-refractivity contribution >= 4 is 15.9 Å². The van der Waals surface area contributed by atoms with Crippen LogP contribution < -0.4 is 0 Å². The number of rotatable bonds is 5. The van der Waals surface area contributed by atoms with Crippen molar-refractivity contribution in [1.82, 2.24) is 9.21 Å². The normalized spacial score (nSPS) is 26.1. The van der Waals surface area contributed by atoms with Crippen LogP contribution in [0, 0.1) is 11.8 Å². The molecule has 2 heterocycles. The molecule has 6 heteroatoms. The number of likely N-dealkylation sites (tertiary alicyclic amines) is 1. The van der Waals surface area contributed by atoms with E-state index in [9.17, 15) is 13.2 Å². The quantitative estimate of drug-likeness (QED) is 0.730. The van der Waals surface area contributed by atoms with E-state index in [1.54, 1.807) is 16.4 Å². The number of carbonyl (C=O) groups is 1. The summed E-state index contributed by atoms with van der Waals surface area (Å²) in [5.74, 6) is 1.79. The maximum atomic E-state index is 12.8. The first-order chi connectivity index (χ1) is 14.0. The van der Waals surface area contributed by atoms with Gasteiger partial charge in [-0.25, -0.2) is 8.42 Å². The summed E-state index contributed by atoms with van der Waals surface area (Å²) in [6.45, 7) is 3.09. The fraction of sp³-hybridized carbons (Fsp3) is 0.696. The van der Waals surface area contributed by atoms with E-state index in [1.165, 1.54) is 32.1 Å². The Bertz CT molecular complexity index is 800. The Morgan fingerprint density at radius 3 is 2.28 bits per heavy atom. The lowest BCUT2D eigenvalue weighted by Gasteiger charge is -2.41. The molecule has 1 amide bonds. The van der Waals surface area contributed by atoms with Gasteiger partial charge in [0.05, 0.1) is 4.90 Å². The highest BCUT2D eigenvalue weighted by atomic mass is 32.2. The van der Waals surface area contributed by atoms with Gasteiger partial charge in [-0.1, -0.05) is 37.8 Å². The number of amides is 1. The Morgan fingerprint density at radius 2 is 1.55 bits per heavy atom. The van der Waals surface area contributed by atoms with Gasteiger partial charge in [0, 0.05) is 32.6 Å². The minimum atomic E-state index is -3.38. The summed E-state index contributed by atoms with van der Waals surface area (Å²) in [6, 6.07) is 7.16. The van der Waals surface area contributed by atoms with Crippen molar-refractivity contribution in [1.29, 1.82) is 0 Å². The van der Waals surface area contributed by atoms with Gasteiger partial charge in [-0.2, -0.15) is 4.31 Å². The molecule has 0 unspecified atom stereocenters. The van der Waals surface area contributed by atoms with Crippen LogP contribution >= 0.6 is 0 Å².